The van der Waals surface area contributed by atoms with Gasteiger partial charge in [0.1, 0.15) is 5.82 Å². The van der Waals surface area contributed by atoms with Gasteiger partial charge < -0.3 is 17.2 Å². The van der Waals surface area contributed by atoms with E-state index in [-0.39, 0.29) is 24.8 Å². The van der Waals surface area contributed by atoms with Crippen molar-refractivity contribution in [3.63, 3.8) is 0 Å². The van der Waals surface area contributed by atoms with E-state index in [9.17, 15) is 0 Å². The van der Waals surface area contributed by atoms with Crippen molar-refractivity contribution >= 4 is 42.0 Å². The van der Waals surface area contributed by atoms with Crippen molar-refractivity contribution in [2.24, 2.45) is 0 Å². The van der Waals surface area contributed by atoms with Gasteiger partial charge in [-0.15, -0.1) is 24.8 Å². The fourth-order valence-electron chi connectivity index (χ4n) is 0.499. The topological polar surface area (TPSA) is 91.0 Å². The molecule has 0 bridgehead atoms. The number of nitrogens with zero attached hydrogens (tertiary/aromatic N) is 1. The van der Waals surface area contributed by atoms with Crippen molar-refractivity contribution in [3.05, 3.63) is 12.3 Å². The van der Waals surface area contributed by atoms with Crippen LogP contribution in [0.1, 0.15) is 0 Å². The van der Waals surface area contributed by atoms with Crippen LogP contribution in [-0.2, 0) is 0 Å². The Kier molecular flexibility index (Phi) is 5.66. The number of aromatic nitrogens is 1. The number of nitrogens with two attached hydrogens (primary N) is 3. The summed E-state index contributed by atoms with van der Waals surface area (Å²) in [6.45, 7) is 0. The van der Waals surface area contributed by atoms with Crippen LogP contribution in [0.3, 0.4) is 0 Å². The van der Waals surface area contributed by atoms with Crippen LogP contribution in [0.25, 0.3) is 0 Å². The average molecular weight is 197 g/mol. The molecule has 0 atom stereocenters. The Morgan fingerprint density at radius 3 is 1.91 bits per heavy atom. The molecule has 6 heteroatoms. The van der Waals surface area contributed by atoms with Crippen LogP contribution in [-0.4, -0.2) is 4.98 Å². The van der Waals surface area contributed by atoms with E-state index in [2.05, 4.69) is 4.98 Å². The second-order valence-electron chi connectivity index (χ2n) is 1.74. The summed E-state index contributed by atoms with van der Waals surface area (Å²) in [5.41, 5.74) is 16.9. The Balaban J connectivity index is 0. The lowest BCUT2D eigenvalue weighted by atomic mass is 10.3. The molecule has 0 aromatic carbocycles. The van der Waals surface area contributed by atoms with E-state index < -0.39 is 0 Å². The summed E-state index contributed by atoms with van der Waals surface area (Å²) in [4.78, 5) is 3.71. The van der Waals surface area contributed by atoms with Crippen LogP contribution in [0.4, 0.5) is 17.2 Å². The van der Waals surface area contributed by atoms with Gasteiger partial charge in [0.15, 0.2) is 0 Å². The number of anilines is 3. The minimum atomic E-state index is 0. The van der Waals surface area contributed by atoms with E-state index >= 15 is 0 Å². The maximum absolute atomic E-state index is 5.38. The Morgan fingerprint density at radius 1 is 1.00 bits per heavy atom. The lowest BCUT2D eigenvalue weighted by Gasteiger charge is -1.97. The molecule has 0 aliphatic carbocycles. The van der Waals surface area contributed by atoms with Crippen molar-refractivity contribution < 1.29 is 0 Å². The molecule has 0 saturated heterocycles. The number of nitrogen functional groups attached to an aromatic ring is 3. The first-order chi connectivity index (χ1) is 4.20. The van der Waals surface area contributed by atoms with E-state index in [0.29, 0.717) is 17.2 Å². The number of hydrogen-bond donors (Lipinski definition) is 3. The van der Waals surface area contributed by atoms with E-state index in [0.717, 1.165) is 0 Å². The first-order valence-electron chi connectivity index (χ1n) is 2.46. The van der Waals surface area contributed by atoms with Crippen LogP contribution in [0.15, 0.2) is 12.3 Å². The van der Waals surface area contributed by atoms with Gasteiger partial charge in [-0.1, -0.05) is 0 Å². The summed E-state index contributed by atoms with van der Waals surface area (Å²) in [5, 5.41) is 0. The van der Waals surface area contributed by atoms with E-state index in [1.54, 1.807) is 0 Å². The Bertz CT molecular complexity index is 228. The fraction of sp³-hybridized carbons (Fsp3) is 0. The quantitative estimate of drug-likeness (QED) is 0.570. The van der Waals surface area contributed by atoms with Gasteiger partial charge in [-0.2, -0.15) is 0 Å². The highest BCUT2D eigenvalue weighted by Gasteiger charge is 1.92. The van der Waals surface area contributed by atoms with Crippen molar-refractivity contribution in [2.75, 3.05) is 17.2 Å². The van der Waals surface area contributed by atoms with E-state index in [1.165, 1.54) is 12.3 Å². The SMILES string of the molecule is Cl.Cl.Nc1cc(N)c(N)cn1. The Labute approximate surface area is 77.0 Å². The van der Waals surface area contributed by atoms with Crippen molar-refractivity contribution in [3.8, 4) is 0 Å². The molecule has 1 aromatic rings. The van der Waals surface area contributed by atoms with Crippen LogP contribution in [0.2, 0.25) is 0 Å². The lowest BCUT2D eigenvalue weighted by molar-refractivity contribution is 1.34. The first kappa shape index (κ1) is 12.8. The summed E-state index contributed by atoms with van der Waals surface area (Å²) in [6, 6.07) is 1.52. The molecule has 11 heavy (non-hydrogen) atoms. The van der Waals surface area contributed by atoms with Gasteiger partial charge in [-0.25, -0.2) is 4.98 Å². The summed E-state index contributed by atoms with van der Waals surface area (Å²) in [5.74, 6) is 0.390. The molecule has 1 heterocycles. The molecule has 0 radical (unpaired) electrons. The molecule has 0 spiro atoms. The summed E-state index contributed by atoms with van der Waals surface area (Å²) in [7, 11) is 0. The second kappa shape index (κ2) is 4.87. The zero-order chi connectivity index (χ0) is 6.85. The van der Waals surface area contributed by atoms with Crippen LogP contribution in [0.5, 0.6) is 0 Å². The Hall–Kier alpha value is -0.870. The highest BCUT2D eigenvalue weighted by Crippen LogP contribution is 2.13. The minimum absolute atomic E-state index is 0. The molecule has 0 unspecified atom stereocenters. The zero-order valence-corrected chi connectivity index (χ0v) is 7.28. The molecule has 0 aliphatic rings. The molecular formula is C5H10Cl2N4. The molecule has 1 rings (SSSR count). The summed E-state index contributed by atoms with van der Waals surface area (Å²) in [6.07, 6.45) is 1.44. The van der Waals surface area contributed by atoms with Gasteiger partial charge in [0.05, 0.1) is 17.6 Å². The normalized spacial score (nSPS) is 7.64. The standard InChI is InChI=1S/C5H8N4.2ClH/c6-3-1-5(8)9-2-4(3)7;;/h1-2H,7H2,(H4,6,8,9);2*1H. The zero-order valence-electron chi connectivity index (χ0n) is 5.65. The largest absolute Gasteiger partial charge is 0.397 e. The predicted molar refractivity (Wildman–Crippen MR) is 52.0 cm³/mol. The number of rotatable bonds is 0. The number of halogens is 2. The lowest BCUT2D eigenvalue weighted by Crippen LogP contribution is -1.98. The average Bonchev–Trinajstić information content (AvgIpc) is 1.80. The summed E-state index contributed by atoms with van der Waals surface area (Å²) >= 11 is 0. The van der Waals surface area contributed by atoms with E-state index in [4.69, 9.17) is 17.2 Å². The molecule has 4 nitrogen and oxygen atoms in total. The first-order valence-corrected chi connectivity index (χ1v) is 2.46. The van der Waals surface area contributed by atoms with Crippen LogP contribution < -0.4 is 17.2 Å². The third-order valence-corrected chi connectivity index (χ3v) is 0.989. The van der Waals surface area contributed by atoms with Gasteiger partial charge in [-0.3, -0.25) is 0 Å². The maximum atomic E-state index is 5.38. The van der Waals surface area contributed by atoms with Gasteiger partial charge in [0.25, 0.3) is 0 Å². The van der Waals surface area contributed by atoms with Gasteiger partial charge in [0.2, 0.25) is 0 Å². The highest BCUT2D eigenvalue weighted by molar-refractivity contribution is 5.85. The third kappa shape index (κ3) is 3.15. The fourth-order valence-corrected chi connectivity index (χ4v) is 0.499. The molecule has 0 fully saturated rings. The number of pyridine rings is 1. The van der Waals surface area contributed by atoms with Crippen molar-refractivity contribution in [1.82, 2.24) is 4.98 Å². The molecule has 0 amide bonds. The second-order valence-corrected chi connectivity index (χ2v) is 1.74. The smallest absolute Gasteiger partial charge is 0.125 e. The molecule has 0 aliphatic heterocycles. The van der Waals surface area contributed by atoms with Crippen molar-refractivity contribution in [2.45, 2.75) is 0 Å². The van der Waals surface area contributed by atoms with Crippen LogP contribution in [0, 0.1) is 0 Å². The van der Waals surface area contributed by atoms with E-state index in [1.807, 2.05) is 0 Å². The monoisotopic (exact) mass is 196 g/mol. The predicted octanol–water partition coefficient (Wildman–Crippen LogP) is 0.672. The third-order valence-electron chi connectivity index (χ3n) is 0.989. The number of hydrogen-bond acceptors (Lipinski definition) is 4. The van der Waals surface area contributed by atoms with Gasteiger partial charge in [0, 0.05) is 6.07 Å². The minimum Gasteiger partial charge on any atom is -0.397 e. The van der Waals surface area contributed by atoms with Gasteiger partial charge in [-0.05, 0) is 0 Å². The Morgan fingerprint density at radius 2 is 1.55 bits per heavy atom. The van der Waals surface area contributed by atoms with Gasteiger partial charge >= 0.3 is 0 Å². The molecular weight excluding hydrogens is 187 g/mol. The molecule has 1 aromatic heterocycles. The molecule has 64 valence electrons. The van der Waals surface area contributed by atoms with Crippen molar-refractivity contribution in [1.29, 1.82) is 0 Å². The highest BCUT2D eigenvalue weighted by atomic mass is 35.5. The summed E-state index contributed by atoms with van der Waals surface area (Å²) < 4.78 is 0. The van der Waals surface area contributed by atoms with Crippen LogP contribution >= 0.6 is 24.8 Å². The molecule has 0 saturated carbocycles. The molecule has 6 N–H and O–H groups in total. The maximum Gasteiger partial charge on any atom is 0.125 e.